The fourth-order valence-electron chi connectivity index (χ4n) is 3.79. The number of aryl methyl sites for hydroxylation is 2. The van der Waals surface area contributed by atoms with Gasteiger partial charge in [-0.15, -0.1) is 0 Å². The molecule has 0 bridgehead atoms. The molecule has 154 valence electrons. The van der Waals surface area contributed by atoms with Crippen molar-refractivity contribution in [2.75, 3.05) is 0 Å². The van der Waals surface area contributed by atoms with E-state index in [1.54, 1.807) is 0 Å². The van der Waals surface area contributed by atoms with E-state index in [0.717, 1.165) is 25.7 Å². The van der Waals surface area contributed by atoms with E-state index in [1.165, 1.54) is 54.4 Å². The number of rotatable bonds is 12. The van der Waals surface area contributed by atoms with Gasteiger partial charge in [0.2, 0.25) is 0 Å². The molecule has 0 aliphatic rings. The van der Waals surface area contributed by atoms with Gasteiger partial charge in [0.05, 0.1) is 0 Å². The maximum atomic E-state index is 10.6. The lowest BCUT2D eigenvalue weighted by Crippen LogP contribution is -2.23. The Labute approximate surface area is 168 Å². The molecule has 0 heterocycles. The smallest absolute Gasteiger partial charge is 0.293 e. The number of carbonyl (C=O) groups excluding carboxylic acids is 1. The first kappa shape index (κ1) is 23.7. The van der Waals surface area contributed by atoms with Gasteiger partial charge in [-0.2, -0.15) is 0 Å². The molecule has 0 aromatic heterocycles. The monoisotopic (exact) mass is 374 g/mol. The third-order valence-corrected chi connectivity index (χ3v) is 5.64. The maximum absolute atomic E-state index is 10.6. The predicted octanol–water partition coefficient (Wildman–Crippen LogP) is 7.12. The van der Waals surface area contributed by atoms with Crippen molar-refractivity contribution in [3.8, 4) is 0 Å². The summed E-state index contributed by atoms with van der Waals surface area (Å²) in [6.45, 7) is 16.1. The van der Waals surface area contributed by atoms with Crippen molar-refractivity contribution in [1.29, 1.82) is 0 Å². The van der Waals surface area contributed by atoms with Crippen LogP contribution in [0.1, 0.15) is 102 Å². The Kier molecular flexibility index (Phi) is 9.56. The summed E-state index contributed by atoms with van der Waals surface area (Å²) in [6.07, 6.45) is 10.7. The summed E-state index contributed by atoms with van der Waals surface area (Å²) in [7, 11) is 0. The first-order chi connectivity index (χ1) is 12.6. The maximum Gasteiger partial charge on any atom is 0.293 e. The highest BCUT2D eigenvalue weighted by molar-refractivity contribution is 5.40. The molecular formula is C25H42O2. The number of ether oxygens (including phenoxy) is 1. The Morgan fingerprint density at radius 2 is 1.48 bits per heavy atom. The lowest BCUT2D eigenvalue weighted by molar-refractivity contribution is -0.140. The second-order valence-electron chi connectivity index (χ2n) is 9.95. The lowest BCUT2D eigenvalue weighted by Gasteiger charge is -2.22. The Hall–Kier alpha value is -1.31. The second kappa shape index (κ2) is 10.9. The summed E-state index contributed by atoms with van der Waals surface area (Å²) in [5.74, 6) is 0. The number of hydrogen-bond acceptors (Lipinski definition) is 2. The Morgan fingerprint density at radius 3 is 2.11 bits per heavy atom. The van der Waals surface area contributed by atoms with Crippen molar-refractivity contribution in [2.45, 2.75) is 112 Å². The van der Waals surface area contributed by atoms with Crippen molar-refractivity contribution >= 4 is 6.47 Å². The first-order valence-corrected chi connectivity index (χ1v) is 10.8. The summed E-state index contributed by atoms with van der Waals surface area (Å²) >= 11 is 0. The van der Waals surface area contributed by atoms with Crippen LogP contribution in [-0.4, -0.2) is 12.1 Å². The quantitative estimate of drug-likeness (QED) is 0.288. The van der Waals surface area contributed by atoms with E-state index in [-0.39, 0.29) is 5.60 Å². The molecule has 0 saturated carbocycles. The zero-order valence-electron chi connectivity index (χ0n) is 18.9. The molecule has 1 rings (SSSR count). The molecule has 2 heteroatoms. The largest absolute Gasteiger partial charge is 0.462 e. The number of carbonyl (C=O) groups is 1. The average molecular weight is 375 g/mol. The molecule has 0 aliphatic heterocycles. The summed E-state index contributed by atoms with van der Waals surface area (Å²) in [5, 5.41) is 0. The van der Waals surface area contributed by atoms with Crippen LogP contribution in [0, 0.1) is 19.3 Å². The van der Waals surface area contributed by atoms with Crippen molar-refractivity contribution in [2.24, 2.45) is 5.41 Å². The zero-order chi connectivity index (χ0) is 20.5. The molecule has 0 aliphatic carbocycles. The SMILES string of the molecule is Cc1ccc(CCCCCC(C)(C)C)c(C)c1CCCCC(C)(C)OC=O. The Bertz CT molecular complexity index is 579. The van der Waals surface area contributed by atoms with Crippen LogP contribution in [0.15, 0.2) is 12.1 Å². The van der Waals surface area contributed by atoms with Gasteiger partial charge in [0, 0.05) is 0 Å². The van der Waals surface area contributed by atoms with Crippen molar-refractivity contribution in [1.82, 2.24) is 0 Å². The zero-order valence-corrected chi connectivity index (χ0v) is 18.9. The minimum Gasteiger partial charge on any atom is -0.462 e. The normalized spacial score (nSPS) is 12.3. The highest BCUT2D eigenvalue weighted by atomic mass is 16.5. The van der Waals surface area contributed by atoms with Gasteiger partial charge in [0.1, 0.15) is 5.60 Å². The molecule has 1 aromatic carbocycles. The van der Waals surface area contributed by atoms with E-state index in [4.69, 9.17) is 4.74 Å². The molecule has 0 spiro atoms. The van der Waals surface area contributed by atoms with Gasteiger partial charge in [-0.1, -0.05) is 45.7 Å². The molecule has 2 nitrogen and oxygen atoms in total. The number of hydrogen-bond donors (Lipinski definition) is 0. The van der Waals surface area contributed by atoms with Gasteiger partial charge < -0.3 is 4.74 Å². The summed E-state index contributed by atoms with van der Waals surface area (Å²) in [4.78, 5) is 10.6. The third-order valence-electron chi connectivity index (χ3n) is 5.64. The molecule has 0 fully saturated rings. The van der Waals surface area contributed by atoms with Crippen LogP contribution < -0.4 is 0 Å². The van der Waals surface area contributed by atoms with E-state index < -0.39 is 0 Å². The van der Waals surface area contributed by atoms with Crippen molar-refractivity contribution in [3.05, 3.63) is 34.4 Å². The minimum absolute atomic E-state index is 0.346. The Morgan fingerprint density at radius 1 is 0.852 bits per heavy atom. The minimum atomic E-state index is -0.346. The highest BCUT2D eigenvalue weighted by Gasteiger charge is 2.18. The van der Waals surface area contributed by atoms with Gasteiger partial charge in [-0.05, 0) is 100 Å². The summed E-state index contributed by atoms with van der Waals surface area (Å²) < 4.78 is 5.15. The summed E-state index contributed by atoms with van der Waals surface area (Å²) in [6, 6.07) is 4.63. The molecular weight excluding hydrogens is 332 g/mol. The van der Waals surface area contributed by atoms with Crippen LogP contribution in [0.4, 0.5) is 0 Å². The average Bonchev–Trinajstić information content (AvgIpc) is 2.54. The van der Waals surface area contributed by atoms with Crippen molar-refractivity contribution in [3.63, 3.8) is 0 Å². The number of unbranched alkanes of at least 4 members (excludes halogenated alkanes) is 3. The molecule has 0 radical (unpaired) electrons. The molecule has 0 atom stereocenters. The van der Waals surface area contributed by atoms with Crippen LogP contribution in [0.5, 0.6) is 0 Å². The number of benzene rings is 1. The van der Waals surface area contributed by atoms with E-state index >= 15 is 0 Å². The third kappa shape index (κ3) is 9.44. The predicted molar refractivity (Wildman–Crippen MR) is 116 cm³/mol. The van der Waals surface area contributed by atoms with Crippen LogP contribution in [-0.2, 0) is 22.4 Å². The topological polar surface area (TPSA) is 26.3 Å². The van der Waals surface area contributed by atoms with E-state index in [0.29, 0.717) is 11.9 Å². The van der Waals surface area contributed by atoms with E-state index in [9.17, 15) is 4.79 Å². The fraction of sp³-hybridized carbons (Fsp3) is 0.720. The van der Waals surface area contributed by atoms with E-state index in [2.05, 4.69) is 46.8 Å². The molecule has 1 aromatic rings. The van der Waals surface area contributed by atoms with Gasteiger partial charge in [0.25, 0.3) is 6.47 Å². The van der Waals surface area contributed by atoms with Crippen LogP contribution in [0.25, 0.3) is 0 Å². The molecule has 0 saturated heterocycles. The first-order valence-electron chi connectivity index (χ1n) is 10.8. The van der Waals surface area contributed by atoms with Crippen LogP contribution >= 0.6 is 0 Å². The van der Waals surface area contributed by atoms with Gasteiger partial charge >= 0.3 is 0 Å². The highest BCUT2D eigenvalue weighted by Crippen LogP contribution is 2.25. The van der Waals surface area contributed by atoms with Gasteiger partial charge in [-0.25, -0.2) is 0 Å². The molecule has 0 N–H and O–H groups in total. The van der Waals surface area contributed by atoms with Crippen molar-refractivity contribution < 1.29 is 9.53 Å². The van der Waals surface area contributed by atoms with Gasteiger partial charge in [0.15, 0.2) is 0 Å². The van der Waals surface area contributed by atoms with Crippen LogP contribution in [0.3, 0.4) is 0 Å². The Balaban J connectivity index is 2.51. The fourth-order valence-corrected chi connectivity index (χ4v) is 3.79. The van der Waals surface area contributed by atoms with Gasteiger partial charge in [-0.3, -0.25) is 4.79 Å². The van der Waals surface area contributed by atoms with Crippen LogP contribution in [0.2, 0.25) is 0 Å². The standard InChI is InChI=1S/C25H42O2/c1-20-15-16-22(13-9-8-11-17-24(3,4)5)21(2)23(20)14-10-12-18-25(6,7)27-19-26/h15-16,19H,8-14,17-18H2,1-7H3. The molecule has 27 heavy (non-hydrogen) atoms. The molecule has 0 amide bonds. The van der Waals surface area contributed by atoms with E-state index in [1.807, 2.05) is 13.8 Å². The second-order valence-corrected chi connectivity index (χ2v) is 9.95. The lowest BCUT2D eigenvalue weighted by atomic mass is 9.88. The summed E-state index contributed by atoms with van der Waals surface area (Å²) in [5.41, 5.74) is 6.06. The molecule has 0 unspecified atom stereocenters.